The Kier molecular flexibility index (Phi) is 6.83. The van der Waals surface area contributed by atoms with E-state index in [0.717, 1.165) is 21.2 Å². The SMILES string of the molecule is COc1ccc(-c2csc(NC(=O)c3ccccc3N(c3ccc(C)cc3)S(=O)[O-])n2)cc1. The lowest BCUT2D eigenvalue weighted by Crippen LogP contribution is -2.23. The molecule has 0 aliphatic carbocycles. The van der Waals surface area contributed by atoms with Gasteiger partial charge in [-0.1, -0.05) is 29.8 Å². The van der Waals surface area contributed by atoms with Crippen LogP contribution >= 0.6 is 11.3 Å². The lowest BCUT2D eigenvalue weighted by atomic mass is 10.1. The molecule has 3 aromatic carbocycles. The van der Waals surface area contributed by atoms with Crippen LogP contribution in [-0.4, -0.2) is 26.8 Å². The van der Waals surface area contributed by atoms with Gasteiger partial charge in [-0.2, -0.15) is 0 Å². The maximum absolute atomic E-state index is 13.1. The van der Waals surface area contributed by atoms with E-state index in [1.165, 1.54) is 11.3 Å². The molecule has 9 heteroatoms. The number of carbonyl (C=O) groups excluding carboxylic acids is 1. The van der Waals surface area contributed by atoms with Crippen molar-refractivity contribution in [1.82, 2.24) is 4.98 Å². The smallest absolute Gasteiger partial charge is 0.259 e. The molecule has 4 rings (SSSR count). The highest BCUT2D eigenvalue weighted by Gasteiger charge is 2.20. The molecule has 0 saturated heterocycles. The van der Waals surface area contributed by atoms with E-state index in [0.29, 0.717) is 16.5 Å². The van der Waals surface area contributed by atoms with Crippen molar-refractivity contribution < 1.29 is 18.3 Å². The first-order chi connectivity index (χ1) is 16.0. The van der Waals surface area contributed by atoms with Gasteiger partial charge in [0.2, 0.25) is 0 Å². The summed E-state index contributed by atoms with van der Waals surface area (Å²) in [6.07, 6.45) is 0. The Morgan fingerprint density at radius 1 is 1.06 bits per heavy atom. The molecule has 0 fully saturated rings. The average molecular weight is 479 g/mol. The first-order valence-electron chi connectivity index (χ1n) is 9.93. The molecule has 0 radical (unpaired) electrons. The predicted molar refractivity (Wildman–Crippen MR) is 131 cm³/mol. The predicted octanol–water partition coefficient (Wildman–Crippen LogP) is 5.31. The minimum absolute atomic E-state index is 0.212. The van der Waals surface area contributed by atoms with Crippen LogP contribution in [-0.2, 0) is 11.3 Å². The summed E-state index contributed by atoms with van der Waals surface area (Å²) in [6.45, 7) is 1.91. The standard InChI is InChI=1S/C24H21N3O4S2/c1-16-7-11-18(12-8-16)27(33(29)30)22-6-4-3-5-20(22)23(28)26-24-25-21(15-32-24)17-9-13-19(31-2)14-10-17/h3-15H,1-2H3,(H,29,30)(H,25,26,28)/p-1. The Hall–Kier alpha value is -3.53. The van der Waals surface area contributed by atoms with Gasteiger partial charge in [0, 0.05) is 10.9 Å². The van der Waals surface area contributed by atoms with Gasteiger partial charge >= 0.3 is 0 Å². The first-order valence-corrected chi connectivity index (χ1v) is 11.8. The number of thiazole rings is 1. The number of hydrogen-bond acceptors (Lipinski definition) is 6. The van der Waals surface area contributed by atoms with Gasteiger partial charge in [0.25, 0.3) is 5.91 Å². The second kappa shape index (κ2) is 9.95. The minimum atomic E-state index is -2.63. The molecule has 33 heavy (non-hydrogen) atoms. The third-order valence-corrected chi connectivity index (χ3v) is 6.36. The third kappa shape index (κ3) is 5.11. The van der Waals surface area contributed by atoms with Crippen molar-refractivity contribution in [3.05, 3.63) is 89.3 Å². The van der Waals surface area contributed by atoms with Gasteiger partial charge in [0.05, 0.1) is 41.0 Å². The molecule has 7 nitrogen and oxygen atoms in total. The quantitative estimate of drug-likeness (QED) is 0.363. The van der Waals surface area contributed by atoms with Gasteiger partial charge in [-0.15, -0.1) is 11.3 Å². The number of ether oxygens (including phenoxy) is 1. The number of hydrogen-bond donors (Lipinski definition) is 1. The molecule has 1 amide bonds. The van der Waals surface area contributed by atoms with Crippen LogP contribution in [0.1, 0.15) is 15.9 Å². The number of para-hydroxylation sites is 1. The Labute approximate surface area is 198 Å². The lowest BCUT2D eigenvalue weighted by molar-refractivity contribution is 0.102. The minimum Gasteiger partial charge on any atom is -0.755 e. The van der Waals surface area contributed by atoms with E-state index >= 15 is 0 Å². The van der Waals surface area contributed by atoms with Crippen LogP contribution < -0.4 is 14.4 Å². The van der Waals surface area contributed by atoms with Crippen molar-refractivity contribution in [3.63, 3.8) is 0 Å². The number of rotatable bonds is 7. The molecule has 1 unspecified atom stereocenters. The van der Waals surface area contributed by atoms with Gasteiger partial charge in [0.1, 0.15) is 5.75 Å². The second-order valence-electron chi connectivity index (χ2n) is 7.08. The van der Waals surface area contributed by atoms with Crippen LogP contribution in [0.2, 0.25) is 0 Å². The molecular weight excluding hydrogens is 458 g/mol. The molecule has 1 aromatic heterocycles. The van der Waals surface area contributed by atoms with Crippen LogP contribution in [0, 0.1) is 6.92 Å². The molecule has 1 heterocycles. The maximum atomic E-state index is 13.1. The van der Waals surface area contributed by atoms with E-state index in [9.17, 15) is 13.6 Å². The summed E-state index contributed by atoms with van der Waals surface area (Å²) in [5, 5.41) is 5.03. The number of aromatic nitrogens is 1. The molecule has 1 atom stereocenters. The number of methoxy groups -OCH3 is 1. The van der Waals surface area contributed by atoms with Crippen LogP contribution in [0.15, 0.2) is 78.2 Å². The van der Waals surface area contributed by atoms with Gasteiger partial charge in [-0.05, 0) is 55.5 Å². The Bertz CT molecular complexity index is 1290. The largest absolute Gasteiger partial charge is 0.755 e. The number of nitrogens with zero attached hydrogens (tertiary/aromatic N) is 2. The van der Waals surface area contributed by atoms with E-state index < -0.39 is 17.2 Å². The number of nitrogens with one attached hydrogen (secondary N) is 1. The second-order valence-corrected chi connectivity index (χ2v) is 8.74. The van der Waals surface area contributed by atoms with Crippen LogP contribution in [0.3, 0.4) is 0 Å². The van der Waals surface area contributed by atoms with E-state index in [-0.39, 0.29) is 11.3 Å². The van der Waals surface area contributed by atoms with Gasteiger partial charge in [-0.3, -0.25) is 18.6 Å². The van der Waals surface area contributed by atoms with Gasteiger partial charge in [0.15, 0.2) is 5.13 Å². The zero-order chi connectivity index (χ0) is 23.4. The Morgan fingerprint density at radius 2 is 1.76 bits per heavy atom. The summed E-state index contributed by atoms with van der Waals surface area (Å²) < 4.78 is 30.5. The highest BCUT2D eigenvalue weighted by molar-refractivity contribution is 7.81. The molecule has 0 aliphatic rings. The maximum Gasteiger partial charge on any atom is 0.259 e. The summed E-state index contributed by atoms with van der Waals surface area (Å²) in [4.78, 5) is 17.6. The molecule has 0 saturated carbocycles. The molecule has 1 N–H and O–H groups in total. The number of aryl methyl sites for hydroxylation is 1. The van der Waals surface area contributed by atoms with Crippen LogP contribution in [0.5, 0.6) is 5.75 Å². The van der Waals surface area contributed by atoms with Crippen molar-refractivity contribution in [2.75, 3.05) is 16.7 Å². The normalized spacial score (nSPS) is 11.6. The Balaban J connectivity index is 1.60. The van der Waals surface area contributed by atoms with Crippen molar-refractivity contribution in [2.24, 2.45) is 0 Å². The molecule has 0 bridgehead atoms. The summed E-state index contributed by atoms with van der Waals surface area (Å²) in [5.74, 6) is 0.289. The Morgan fingerprint density at radius 3 is 2.42 bits per heavy atom. The number of amides is 1. The van der Waals surface area contributed by atoms with Gasteiger partial charge in [-0.25, -0.2) is 4.98 Å². The first kappa shape index (κ1) is 22.7. The zero-order valence-corrected chi connectivity index (χ0v) is 19.5. The summed E-state index contributed by atoms with van der Waals surface area (Å²) in [5.41, 5.74) is 3.50. The average Bonchev–Trinajstić information content (AvgIpc) is 3.29. The number of anilines is 3. The summed E-state index contributed by atoms with van der Waals surface area (Å²) >= 11 is -1.34. The van der Waals surface area contributed by atoms with E-state index in [2.05, 4.69) is 10.3 Å². The zero-order valence-electron chi connectivity index (χ0n) is 17.8. The molecule has 0 spiro atoms. The number of carbonyl (C=O) groups is 1. The topological polar surface area (TPSA) is 94.6 Å². The van der Waals surface area contributed by atoms with Crippen LogP contribution in [0.4, 0.5) is 16.5 Å². The fourth-order valence-corrected chi connectivity index (χ4v) is 4.55. The fourth-order valence-electron chi connectivity index (χ4n) is 3.22. The summed E-state index contributed by atoms with van der Waals surface area (Å²) in [6, 6.07) is 21.0. The lowest BCUT2D eigenvalue weighted by Gasteiger charge is -2.28. The van der Waals surface area contributed by atoms with Crippen molar-refractivity contribution in [2.45, 2.75) is 6.92 Å². The molecule has 168 valence electrons. The fraction of sp³-hybridized carbons (Fsp3) is 0.0833. The molecule has 4 aromatic rings. The van der Waals surface area contributed by atoms with E-state index in [4.69, 9.17) is 4.74 Å². The van der Waals surface area contributed by atoms with Crippen molar-refractivity contribution in [3.8, 4) is 17.0 Å². The van der Waals surface area contributed by atoms with Crippen molar-refractivity contribution >= 4 is 45.0 Å². The highest BCUT2D eigenvalue weighted by atomic mass is 32.2. The molecule has 0 aliphatic heterocycles. The van der Waals surface area contributed by atoms with Crippen molar-refractivity contribution in [1.29, 1.82) is 0 Å². The van der Waals surface area contributed by atoms with Gasteiger partial charge < -0.3 is 9.29 Å². The summed E-state index contributed by atoms with van der Waals surface area (Å²) in [7, 11) is 1.60. The monoisotopic (exact) mass is 478 g/mol. The van der Waals surface area contributed by atoms with E-state index in [1.54, 1.807) is 43.5 Å². The number of benzene rings is 3. The molecular formula is C24H20N3O4S2-. The third-order valence-electron chi connectivity index (χ3n) is 4.90. The van der Waals surface area contributed by atoms with E-state index in [1.807, 2.05) is 48.7 Å². The van der Waals surface area contributed by atoms with Crippen LogP contribution in [0.25, 0.3) is 11.3 Å². The highest BCUT2D eigenvalue weighted by Crippen LogP contribution is 2.32.